The zero-order valence-electron chi connectivity index (χ0n) is 16.5. The third kappa shape index (κ3) is 3.40. The highest BCUT2D eigenvalue weighted by atomic mass is 32.1. The number of aromatic carboxylic acids is 1. The molecule has 0 atom stereocenters. The summed E-state index contributed by atoms with van der Waals surface area (Å²) in [5.41, 5.74) is 5.51. The van der Waals surface area contributed by atoms with E-state index >= 15 is 0 Å². The summed E-state index contributed by atoms with van der Waals surface area (Å²) >= 11 is 1.06. The largest absolute Gasteiger partial charge is 0.478 e. The molecule has 4 aromatic rings. The van der Waals surface area contributed by atoms with Crippen LogP contribution in [0, 0.1) is 6.92 Å². The molecule has 0 bridgehead atoms. The number of aryl methyl sites for hydroxylation is 1. The molecule has 2 heterocycles. The van der Waals surface area contributed by atoms with Gasteiger partial charge < -0.3 is 9.84 Å². The van der Waals surface area contributed by atoms with Gasteiger partial charge >= 0.3 is 12.1 Å². The first kappa shape index (κ1) is 19.2. The van der Waals surface area contributed by atoms with Crippen molar-refractivity contribution in [2.75, 3.05) is 11.9 Å². The number of carbonyl (C=O) groups is 2. The van der Waals surface area contributed by atoms with Crippen LogP contribution in [0.25, 0.3) is 21.5 Å². The molecular formula is C23H17N3O4S. The molecule has 0 unspecified atom stereocenters. The summed E-state index contributed by atoms with van der Waals surface area (Å²) in [7, 11) is 0. The number of aromatic nitrogens is 2. The summed E-state index contributed by atoms with van der Waals surface area (Å²) in [6.45, 7) is 1.88. The number of rotatable bonds is 4. The number of ether oxygens (including phenoxy) is 1. The Morgan fingerprint density at radius 3 is 2.35 bits per heavy atom. The van der Waals surface area contributed by atoms with E-state index in [9.17, 15) is 14.7 Å². The molecule has 0 saturated heterocycles. The van der Waals surface area contributed by atoms with E-state index in [1.165, 1.54) is 6.07 Å². The summed E-state index contributed by atoms with van der Waals surface area (Å²) in [4.78, 5) is 32.4. The predicted molar refractivity (Wildman–Crippen MR) is 118 cm³/mol. The van der Waals surface area contributed by atoms with Gasteiger partial charge in [0.2, 0.25) is 0 Å². The number of benzene rings is 2. The lowest BCUT2D eigenvalue weighted by Crippen LogP contribution is -2.17. The van der Waals surface area contributed by atoms with Gasteiger partial charge in [0, 0.05) is 11.6 Å². The Labute approximate surface area is 181 Å². The molecule has 1 amide bonds. The molecule has 0 saturated carbocycles. The highest BCUT2D eigenvalue weighted by Gasteiger charge is 2.29. The van der Waals surface area contributed by atoms with Gasteiger partial charge in [0.05, 0.1) is 10.3 Å². The van der Waals surface area contributed by atoms with Crippen molar-refractivity contribution in [2.24, 2.45) is 0 Å². The molecule has 0 radical (unpaired) electrons. The van der Waals surface area contributed by atoms with Crippen LogP contribution < -0.4 is 5.32 Å². The number of hydrogen-bond donors (Lipinski definition) is 2. The normalized spacial score (nSPS) is 12.4. The van der Waals surface area contributed by atoms with Gasteiger partial charge in [-0.1, -0.05) is 59.9 Å². The third-order valence-electron chi connectivity index (χ3n) is 5.27. The monoisotopic (exact) mass is 431 g/mol. The molecule has 0 aliphatic heterocycles. The van der Waals surface area contributed by atoms with Crippen LogP contribution in [0.3, 0.4) is 0 Å². The van der Waals surface area contributed by atoms with E-state index < -0.39 is 12.1 Å². The van der Waals surface area contributed by atoms with Crippen LogP contribution >= 0.6 is 11.3 Å². The summed E-state index contributed by atoms with van der Waals surface area (Å²) in [5.74, 6) is -1.11. The number of amides is 1. The molecule has 154 valence electrons. The Balaban J connectivity index is 1.34. The van der Waals surface area contributed by atoms with Crippen molar-refractivity contribution in [2.45, 2.75) is 12.8 Å². The van der Waals surface area contributed by atoms with E-state index in [0.717, 1.165) is 33.6 Å². The first-order valence-electron chi connectivity index (χ1n) is 9.64. The summed E-state index contributed by atoms with van der Waals surface area (Å²) in [6, 6.07) is 17.7. The number of pyridine rings is 1. The van der Waals surface area contributed by atoms with E-state index in [0.29, 0.717) is 10.4 Å². The molecular weight excluding hydrogens is 414 g/mol. The number of hydrogen-bond acceptors (Lipinski definition) is 6. The minimum absolute atomic E-state index is 0.0450. The van der Waals surface area contributed by atoms with E-state index in [-0.39, 0.29) is 28.9 Å². The third-order valence-corrected chi connectivity index (χ3v) is 6.27. The molecule has 1 aliphatic carbocycles. The Bertz CT molecular complexity index is 1300. The molecule has 5 rings (SSSR count). The molecule has 7 nitrogen and oxygen atoms in total. The van der Waals surface area contributed by atoms with Crippen LogP contribution in [0.2, 0.25) is 0 Å². The average Bonchev–Trinajstić information content (AvgIpc) is 3.29. The zero-order chi connectivity index (χ0) is 21.5. The molecule has 2 aromatic carbocycles. The van der Waals surface area contributed by atoms with Gasteiger partial charge in [0.25, 0.3) is 0 Å². The Hall–Kier alpha value is -3.78. The molecule has 0 fully saturated rings. The Morgan fingerprint density at radius 1 is 1.06 bits per heavy atom. The van der Waals surface area contributed by atoms with Gasteiger partial charge in [-0.2, -0.15) is 4.98 Å². The molecule has 1 aliphatic rings. The fourth-order valence-electron chi connectivity index (χ4n) is 3.97. The minimum atomic E-state index is -1.06. The number of nitrogens with one attached hydrogen (secondary N) is 1. The topological polar surface area (TPSA) is 101 Å². The first-order valence-corrected chi connectivity index (χ1v) is 10.5. The van der Waals surface area contributed by atoms with Crippen molar-refractivity contribution < 1.29 is 19.4 Å². The van der Waals surface area contributed by atoms with Crippen molar-refractivity contribution in [3.05, 3.63) is 77.0 Å². The maximum Gasteiger partial charge on any atom is 0.413 e. The smallest absolute Gasteiger partial charge is 0.413 e. The number of anilines is 1. The van der Waals surface area contributed by atoms with Crippen molar-refractivity contribution >= 4 is 38.9 Å². The van der Waals surface area contributed by atoms with Crippen molar-refractivity contribution in [3.8, 4) is 11.1 Å². The molecule has 0 spiro atoms. The van der Waals surface area contributed by atoms with E-state index in [2.05, 4.69) is 39.6 Å². The fraction of sp³-hybridized carbons (Fsp3) is 0.130. The SMILES string of the molecule is Cc1cc(C(=O)O)c2sc(NC(=O)OCC3c4ccccc4-c4ccccc43)nc2n1. The van der Waals surface area contributed by atoms with Crippen LogP contribution in [-0.4, -0.2) is 33.7 Å². The van der Waals surface area contributed by atoms with Gasteiger partial charge in [0.1, 0.15) is 6.61 Å². The van der Waals surface area contributed by atoms with Gasteiger partial charge in [0.15, 0.2) is 10.8 Å². The molecule has 2 aromatic heterocycles. The lowest BCUT2D eigenvalue weighted by Gasteiger charge is -2.14. The zero-order valence-corrected chi connectivity index (χ0v) is 17.3. The molecule has 8 heteroatoms. The van der Waals surface area contributed by atoms with Gasteiger partial charge in [-0.3, -0.25) is 5.32 Å². The van der Waals surface area contributed by atoms with Gasteiger partial charge in [-0.15, -0.1) is 0 Å². The second kappa shape index (κ2) is 7.48. The number of carboxylic acids is 1. The maximum atomic E-state index is 12.5. The van der Waals surface area contributed by atoms with Crippen LogP contribution in [0.5, 0.6) is 0 Å². The quantitative estimate of drug-likeness (QED) is 0.468. The second-order valence-electron chi connectivity index (χ2n) is 7.24. The minimum Gasteiger partial charge on any atom is -0.478 e. The molecule has 31 heavy (non-hydrogen) atoms. The van der Waals surface area contributed by atoms with E-state index in [4.69, 9.17) is 4.74 Å². The highest BCUT2D eigenvalue weighted by Crippen LogP contribution is 2.44. The number of carbonyl (C=O) groups excluding carboxylic acids is 1. The van der Waals surface area contributed by atoms with Crippen LogP contribution in [0.15, 0.2) is 54.6 Å². The van der Waals surface area contributed by atoms with Gasteiger partial charge in [-0.05, 0) is 35.2 Å². The van der Waals surface area contributed by atoms with E-state index in [1.54, 1.807) is 6.92 Å². The molecule has 2 N–H and O–H groups in total. The number of nitrogens with zero attached hydrogens (tertiary/aromatic N) is 2. The van der Waals surface area contributed by atoms with Crippen LogP contribution in [0.4, 0.5) is 9.93 Å². The second-order valence-corrected chi connectivity index (χ2v) is 8.24. The average molecular weight is 431 g/mol. The lowest BCUT2D eigenvalue weighted by atomic mass is 9.98. The van der Waals surface area contributed by atoms with Crippen LogP contribution in [-0.2, 0) is 4.74 Å². The number of carboxylic acid groups (broad SMARTS) is 1. The standard InChI is InChI=1S/C23H17N3O4S/c1-12-10-17(21(27)28)19-20(24-12)25-22(31-19)26-23(29)30-11-18-15-8-4-2-6-13(15)14-7-3-5-9-16(14)18/h2-10,18H,11H2,1H3,(H,27,28)(H,24,25,26,29). The lowest BCUT2D eigenvalue weighted by molar-refractivity contribution is 0.0699. The summed E-state index contributed by atoms with van der Waals surface area (Å²) < 4.78 is 5.93. The van der Waals surface area contributed by atoms with Crippen molar-refractivity contribution in [1.29, 1.82) is 0 Å². The Kier molecular flexibility index (Phi) is 4.63. The number of thiazole rings is 1. The van der Waals surface area contributed by atoms with E-state index in [1.807, 2.05) is 24.3 Å². The first-order chi connectivity index (χ1) is 15.0. The predicted octanol–water partition coefficient (Wildman–Crippen LogP) is 5.06. The number of fused-ring (bicyclic) bond motifs is 4. The summed E-state index contributed by atoms with van der Waals surface area (Å²) in [6.07, 6.45) is -0.644. The highest BCUT2D eigenvalue weighted by molar-refractivity contribution is 7.22. The maximum absolute atomic E-state index is 12.5. The Morgan fingerprint density at radius 2 is 1.71 bits per heavy atom. The van der Waals surface area contributed by atoms with Crippen molar-refractivity contribution in [1.82, 2.24) is 9.97 Å². The van der Waals surface area contributed by atoms with Crippen LogP contribution in [0.1, 0.15) is 33.1 Å². The summed E-state index contributed by atoms with van der Waals surface area (Å²) in [5, 5.41) is 12.2. The van der Waals surface area contributed by atoms with Gasteiger partial charge in [-0.25, -0.2) is 14.6 Å². The fourth-order valence-corrected chi connectivity index (χ4v) is 4.87. The van der Waals surface area contributed by atoms with Crippen molar-refractivity contribution in [3.63, 3.8) is 0 Å².